The van der Waals surface area contributed by atoms with Gasteiger partial charge in [0.25, 0.3) is 21.6 Å². The summed E-state index contributed by atoms with van der Waals surface area (Å²) in [6, 6.07) is 39.3. The van der Waals surface area contributed by atoms with Crippen LogP contribution < -0.4 is 14.9 Å². The van der Waals surface area contributed by atoms with Crippen molar-refractivity contribution >= 4 is 44.8 Å². The van der Waals surface area contributed by atoms with Crippen LogP contribution in [0.1, 0.15) is 29.3 Å². The molecule has 0 aromatic heterocycles. The molecule has 1 fully saturated rings. The molecule has 5 aromatic carbocycles. The minimum atomic E-state index is -4.43. The minimum Gasteiger partial charge on any atom is -0.373 e. The number of sulfonamides is 1. The average molecular weight is 793 g/mol. The summed E-state index contributed by atoms with van der Waals surface area (Å²) in [5.41, 5.74) is 4.05. The molecule has 2 N–H and O–H groups in total. The molecule has 0 bridgehead atoms. The largest absolute Gasteiger partial charge is 0.373 e. The number of nitrogens with one attached hydrogen (secondary N) is 2. The first-order valence-electron chi connectivity index (χ1n) is 18.6. The third-order valence-corrected chi connectivity index (χ3v) is 12.6. The summed E-state index contributed by atoms with van der Waals surface area (Å²) < 4.78 is 28.9. The normalized spacial score (nSPS) is 14.6. The quantitative estimate of drug-likeness (QED) is 0.0586. The lowest BCUT2D eigenvalue weighted by molar-refractivity contribution is -0.384. The number of rotatable bonds is 16. The zero-order valence-corrected chi connectivity index (χ0v) is 33.6. The highest BCUT2D eigenvalue weighted by Gasteiger charge is 2.30. The van der Waals surface area contributed by atoms with Crippen molar-refractivity contribution < 1.29 is 18.1 Å². The van der Waals surface area contributed by atoms with Crippen molar-refractivity contribution in [1.82, 2.24) is 14.5 Å². The Labute approximate surface area is 333 Å². The number of nitrogens with zero attached hydrogens (tertiary/aromatic N) is 4. The summed E-state index contributed by atoms with van der Waals surface area (Å²) >= 11 is 1.63. The van der Waals surface area contributed by atoms with Gasteiger partial charge in [-0.15, -0.1) is 11.8 Å². The molecule has 1 aliphatic heterocycles. The number of carbonyl (C=O) groups is 1. The van der Waals surface area contributed by atoms with Gasteiger partial charge in [-0.2, -0.15) is 0 Å². The molecule has 1 amide bonds. The van der Waals surface area contributed by atoms with Gasteiger partial charge in [0.2, 0.25) is 0 Å². The lowest BCUT2D eigenvalue weighted by Gasteiger charge is -2.36. The van der Waals surface area contributed by atoms with Gasteiger partial charge in [-0.25, -0.2) is 13.1 Å². The highest BCUT2D eigenvalue weighted by atomic mass is 32.2. The van der Waals surface area contributed by atoms with Gasteiger partial charge in [-0.3, -0.25) is 19.8 Å². The molecule has 0 aliphatic carbocycles. The molecule has 5 aromatic rings. The molecule has 1 saturated heterocycles. The van der Waals surface area contributed by atoms with E-state index in [0.29, 0.717) is 12.2 Å². The van der Waals surface area contributed by atoms with Crippen molar-refractivity contribution in [3.63, 3.8) is 0 Å². The molecular formula is C43H48N6O5S2. The minimum absolute atomic E-state index is 0.161. The Morgan fingerprint density at radius 2 is 1.50 bits per heavy atom. The van der Waals surface area contributed by atoms with E-state index in [9.17, 15) is 23.3 Å². The van der Waals surface area contributed by atoms with Crippen LogP contribution in [-0.4, -0.2) is 87.2 Å². The van der Waals surface area contributed by atoms with Crippen molar-refractivity contribution in [2.24, 2.45) is 0 Å². The fourth-order valence-corrected chi connectivity index (χ4v) is 8.73. The van der Waals surface area contributed by atoms with E-state index in [-0.39, 0.29) is 16.1 Å². The molecule has 292 valence electrons. The Bertz CT molecular complexity index is 2220. The lowest BCUT2D eigenvalue weighted by atomic mass is 9.99. The van der Waals surface area contributed by atoms with E-state index in [1.54, 1.807) is 23.9 Å². The van der Waals surface area contributed by atoms with Gasteiger partial charge in [-0.1, -0.05) is 72.8 Å². The van der Waals surface area contributed by atoms with E-state index in [1.165, 1.54) is 28.8 Å². The molecule has 1 heterocycles. The molecule has 6 rings (SSSR count). The number of thioether (sulfide) groups is 1. The topological polar surface area (TPSA) is 128 Å². The van der Waals surface area contributed by atoms with Crippen LogP contribution in [0.25, 0.3) is 11.1 Å². The second-order valence-electron chi connectivity index (χ2n) is 14.5. The first kappa shape index (κ1) is 40.5. The predicted molar refractivity (Wildman–Crippen MR) is 226 cm³/mol. The van der Waals surface area contributed by atoms with Crippen LogP contribution in [0.3, 0.4) is 0 Å². The fraction of sp³-hybridized carbons (Fsp3) is 0.279. The van der Waals surface area contributed by atoms with Gasteiger partial charge in [0.05, 0.1) is 9.82 Å². The van der Waals surface area contributed by atoms with Crippen LogP contribution in [0, 0.1) is 10.1 Å². The fourth-order valence-electron chi connectivity index (χ4n) is 6.69. The van der Waals surface area contributed by atoms with Crippen LogP contribution in [0.4, 0.5) is 17.1 Å². The predicted octanol–water partition coefficient (Wildman–Crippen LogP) is 7.62. The maximum Gasteiger partial charge on any atom is 0.293 e. The van der Waals surface area contributed by atoms with Crippen LogP contribution in [0.15, 0.2) is 137 Å². The number of hydrogen-bond acceptors (Lipinski definition) is 10. The number of anilines is 2. The van der Waals surface area contributed by atoms with Crippen molar-refractivity contribution in [3.05, 3.63) is 149 Å². The summed E-state index contributed by atoms with van der Waals surface area (Å²) in [4.78, 5) is 32.3. The van der Waals surface area contributed by atoms with Crippen molar-refractivity contribution in [3.8, 4) is 11.1 Å². The Morgan fingerprint density at radius 1 is 0.857 bits per heavy atom. The molecule has 0 unspecified atom stereocenters. The van der Waals surface area contributed by atoms with Crippen LogP contribution in [-0.2, 0) is 16.6 Å². The molecule has 1 aliphatic rings. The van der Waals surface area contributed by atoms with E-state index in [2.05, 4.69) is 68.4 Å². The van der Waals surface area contributed by atoms with Crippen molar-refractivity contribution in [2.45, 2.75) is 35.2 Å². The highest BCUT2D eigenvalue weighted by molar-refractivity contribution is 7.99. The van der Waals surface area contributed by atoms with Gasteiger partial charge < -0.3 is 15.1 Å². The summed E-state index contributed by atoms with van der Waals surface area (Å²) in [6.07, 6.45) is 0.673. The lowest BCUT2D eigenvalue weighted by Crippen LogP contribution is -2.46. The monoisotopic (exact) mass is 792 g/mol. The Kier molecular flexibility index (Phi) is 13.1. The van der Waals surface area contributed by atoms with Crippen molar-refractivity contribution in [1.29, 1.82) is 0 Å². The molecule has 0 saturated carbocycles. The standard InChI is InChI=1S/C43H48N6O5S2/c1-43(24-25-46(2)3,32-55-37-15-8-5-9-16-37)44-40-23-22-38(30-41(40)49(51)52)56(53,54)45-42(50)34-18-20-36(21-19-34)48-28-26-47(27-29-48)31-35-14-10-11-17-39(35)33-12-6-4-7-13-33/h4-23,30,44H,24-29,31-32H2,1-3H3,(H,45,50)/t43-/m1/s1. The van der Waals surface area contributed by atoms with E-state index in [4.69, 9.17) is 0 Å². The average Bonchev–Trinajstić information content (AvgIpc) is 3.20. The number of hydrogen-bond donors (Lipinski definition) is 2. The molecule has 0 spiro atoms. The van der Waals surface area contributed by atoms with Crippen molar-refractivity contribution in [2.75, 3.05) is 62.8 Å². The first-order valence-corrected chi connectivity index (χ1v) is 21.0. The van der Waals surface area contributed by atoms with E-state index in [0.717, 1.165) is 55.9 Å². The summed E-state index contributed by atoms with van der Waals surface area (Å²) in [5.74, 6) is -0.213. The van der Waals surface area contributed by atoms with E-state index < -0.39 is 32.1 Å². The Hall–Kier alpha value is -5.21. The number of carbonyl (C=O) groups excluding carboxylic acids is 1. The van der Waals surface area contributed by atoms with Gasteiger partial charge in [0.1, 0.15) is 5.69 Å². The van der Waals surface area contributed by atoms with Gasteiger partial charge in [-0.05, 0) is 99.2 Å². The molecule has 0 radical (unpaired) electrons. The summed E-state index contributed by atoms with van der Waals surface area (Å²) in [7, 11) is -0.506. The third-order valence-electron chi connectivity index (χ3n) is 9.91. The second kappa shape index (κ2) is 18.2. The van der Waals surface area contributed by atoms with Crippen LogP contribution >= 0.6 is 11.8 Å². The van der Waals surface area contributed by atoms with E-state index in [1.807, 2.05) is 74.4 Å². The van der Waals surface area contributed by atoms with Gasteiger partial charge >= 0.3 is 0 Å². The van der Waals surface area contributed by atoms with Gasteiger partial charge in [0, 0.05) is 66.2 Å². The molecule has 11 nitrogen and oxygen atoms in total. The SMILES string of the molecule is CN(C)CC[C@](C)(CSc1ccccc1)Nc1ccc(S(=O)(=O)NC(=O)c2ccc(N3CCN(Cc4ccccc4-c4ccccc4)CC3)cc2)cc1[N+](=O)[O-]. The highest BCUT2D eigenvalue weighted by Crippen LogP contribution is 2.34. The van der Waals surface area contributed by atoms with Gasteiger partial charge in [0.15, 0.2) is 0 Å². The maximum absolute atomic E-state index is 13.4. The number of nitro groups is 1. The smallest absolute Gasteiger partial charge is 0.293 e. The van der Waals surface area contributed by atoms with Crippen LogP contribution in [0.2, 0.25) is 0 Å². The molecule has 1 atom stereocenters. The Morgan fingerprint density at radius 3 is 2.16 bits per heavy atom. The Balaban J connectivity index is 1.08. The number of piperazine rings is 1. The summed E-state index contributed by atoms with van der Waals surface area (Å²) in [5, 5.41) is 15.6. The van der Waals surface area contributed by atoms with E-state index >= 15 is 0 Å². The maximum atomic E-state index is 13.4. The zero-order valence-electron chi connectivity index (χ0n) is 31.9. The van der Waals surface area contributed by atoms with Crippen LogP contribution in [0.5, 0.6) is 0 Å². The first-order chi connectivity index (χ1) is 26.9. The zero-order chi connectivity index (χ0) is 39.7. The number of benzene rings is 5. The molecule has 13 heteroatoms. The second-order valence-corrected chi connectivity index (χ2v) is 17.3. The molecule has 56 heavy (non-hydrogen) atoms. The number of amides is 1. The summed E-state index contributed by atoms with van der Waals surface area (Å²) in [6.45, 7) is 6.92. The number of nitro benzene ring substituents is 1. The molecular weight excluding hydrogens is 745 g/mol. The third kappa shape index (κ3) is 10.5.